The highest BCUT2D eigenvalue weighted by molar-refractivity contribution is 7.15. The lowest BCUT2D eigenvalue weighted by Crippen LogP contribution is -1.96. The van der Waals surface area contributed by atoms with Crippen molar-refractivity contribution in [1.29, 1.82) is 0 Å². The number of rotatable bonds is 4. The first-order valence-electron chi connectivity index (χ1n) is 4.56. The summed E-state index contributed by atoms with van der Waals surface area (Å²) in [6.07, 6.45) is 4.26. The van der Waals surface area contributed by atoms with Gasteiger partial charge in [0.2, 0.25) is 0 Å². The van der Waals surface area contributed by atoms with E-state index in [4.69, 9.17) is 5.11 Å². The Balaban J connectivity index is 2.08. The molecule has 0 aliphatic heterocycles. The van der Waals surface area contributed by atoms with Crippen LogP contribution in [0.4, 0.5) is 0 Å². The van der Waals surface area contributed by atoms with Crippen LogP contribution in [-0.4, -0.2) is 21.0 Å². The Bertz CT molecular complexity index is 448. The van der Waals surface area contributed by atoms with Gasteiger partial charge in [0.25, 0.3) is 0 Å². The summed E-state index contributed by atoms with van der Waals surface area (Å²) in [5, 5.41) is 9.40. The molecule has 0 aliphatic rings. The van der Waals surface area contributed by atoms with E-state index >= 15 is 0 Å². The fraction of sp³-hybridized carbons (Fsp3) is 0.200. The van der Waals surface area contributed by atoms with Crippen molar-refractivity contribution in [2.45, 2.75) is 12.8 Å². The second-order valence-corrected chi connectivity index (χ2v) is 4.21. The molecule has 15 heavy (non-hydrogen) atoms. The van der Waals surface area contributed by atoms with Gasteiger partial charge >= 0.3 is 5.97 Å². The number of aromatic amines is 1. The number of nitrogens with one attached hydrogen (secondary N) is 1. The molecule has 0 saturated heterocycles. The number of carbonyl (C=O) groups is 1. The maximum atomic E-state index is 10.4. The van der Waals surface area contributed by atoms with Crippen molar-refractivity contribution in [3.8, 4) is 10.6 Å². The summed E-state index contributed by atoms with van der Waals surface area (Å²) >= 11 is 1.53. The molecule has 2 heterocycles. The van der Waals surface area contributed by atoms with E-state index in [0.29, 0.717) is 6.42 Å². The van der Waals surface area contributed by atoms with Gasteiger partial charge in [-0.1, -0.05) is 0 Å². The minimum Gasteiger partial charge on any atom is -0.481 e. The van der Waals surface area contributed by atoms with Crippen LogP contribution in [0.3, 0.4) is 0 Å². The second kappa shape index (κ2) is 4.27. The van der Waals surface area contributed by atoms with Gasteiger partial charge in [-0.25, -0.2) is 4.98 Å². The highest BCUT2D eigenvalue weighted by Crippen LogP contribution is 2.24. The quantitative estimate of drug-likeness (QED) is 0.833. The topological polar surface area (TPSA) is 66.0 Å². The van der Waals surface area contributed by atoms with Gasteiger partial charge < -0.3 is 10.1 Å². The smallest absolute Gasteiger partial charge is 0.303 e. The number of H-pyrrole nitrogens is 1. The van der Waals surface area contributed by atoms with Gasteiger partial charge in [0, 0.05) is 18.8 Å². The van der Waals surface area contributed by atoms with Crippen LogP contribution in [0.1, 0.15) is 11.4 Å². The molecular formula is C10H10N2O2S. The van der Waals surface area contributed by atoms with E-state index in [1.165, 1.54) is 11.3 Å². The van der Waals surface area contributed by atoms with Crippen LogP contribution in [0.5, 0.6) is 0 Å². The third-order valence-electron chi connectivity index (χ3n) is 1.97. The number of carboxylic acids is 1. The molecule has 2 aromatic heterocycles. The summed E-state index contributed by atoms with van der Waals surface area (Å²) < 4.78 is 0. The lowest BCUT2D eigenvalue weighted by Gasteiger charge is -1.90. The van der Waals surface area contributed by atoms with Crippen molar-refractivity contribution in [1.82, 2.24) is 9.97 Å². The first-order chi connectivity index (χ1) is 7.25. The molecule has 5 heteroatoms. The SMILES string of the molecule is O=C(O)CCc1ncc(-c2ccc[nH]2)s1. The molecule has 0 spiro atoms. The monoisotopic (exact) mass is 222 g/mol. The molecule has 0 bridgehead atoms. The summed E-state index contributed by atoms with van der Waals surface area (Å²) in [6, 6.07) is 3.89. The van der Waals surface area contributed by atoms with Crippen LogP contribution in [-0.2, 0) is 11.2 Å². The Morgan fingerprint density at radius 3 is 3.13 bits per heavy atom. The first kappa shape index (κ1) is 9.92. The van der Waals surface area contributed by atoms with Crippen LogP contribution in [0.15, 0.2) is 24.5 Å². The average molecular weight is 222 g/mol. The number of aryl methyl sites for hydroxylation is 1. The summed E-state index contributed by atoms with van der Waals surface area (Å²) in [4.78, 5) is 18.7. The number of hydrogen-bond donors (Lipinski definition) is 2. The van der Waals surface area contributed by atoms with E-state index in [2.05, 4.69) is 9.97 Å². The Morgan fingerprint density at radius 2 is 2.47 bits per heavy atom. The largest absolute Gasteiger partial charge is 0.481 e. The van der Waals surface area contributed by atoms with Crippen molar-refractivity contribution in [3.05, 3.63) is 29.5 Å². The number of carboxylic acid groups (broad SMARTS) is 1. The fourth-order valence-corrected chi connectivity index (χ4v) is 2.15. The number of aromatic nitrogens is 2. The standard InChI is InChI=1S/C10H10N2O2S/c13-10(14)4-3-9-12-6-8(15-9)7-2-1-5-11-7/h1-2,5-6,11H,3-4H2,(H,13,14). The third kappa shape index (κ3) is 2.44. The van der Waals surface area contributed by atoms with E-state index in [0.717, 1.165) is 15.6 Å². The molecule has 0 fully saturated rings. The molecule has 4 nitrogen and oxygen atoms in total. The molecule has 0 saturated carbocycles. The molecule has 0 aliphatic carbocycles. The summed E-state index contributed by atoms with van der Waals surface area (Å²) in [5.41, 5.74) is 1.02. The molecule has 0 radical (unpaired) electrons. The van der Waals surface area contributed by atoms with Crippen LogP contribution >= 0.6 is 11.3 Å². The number of nitrogens with zero attached hydrogens (tertiary/aromatic N) is 1. The zero-order valence-electron chi connectivity index (χ0n) is 7.93. The van der Waals surface area contributed by atoms with Gasteiger partial charge in [-0.15, -0.1) is 11.3 Å². The van der Waals surface area contributed by atoms with Crippen molar-refractivity contribution in [3.63, 3.8) is 0 Å². The molecule has 2 rings (SSSR count). The van der Waals surface area contributed by atoms with Crippen molar-refractivity contribution in [2.75, 3.05) is 0 Å². The summed E-state index contributed by atoms with van der Waals surface area (Å²) in [5.74, 6) is -0.786. The molecular weight excluding hydrogens is 212 g/mol. The van der Waals surface area contributed by atoms with Gasteiger partial charge in [-0.05, 0) is 12.1 Å². The van der Waals surface area contributed by atoms with E-state index in [-0.39, 0.29) is 6.42 Å². The van der Waals surface area contributed by atoms with Crippen LogP contribution in [0.25, 0.3) is 10.6 Å². The zero-order valence-corrected chi connectivity index (χ0v) is 8.75. The zero-order chi connectivity index (χ0) is 10.7. The Kier molecular flexibility index (Phi) is 2.82. The Morgan fingerprint density at radius 1 is 1.60 bits per heavy atom. The predicted octanol–water partition coefficient (Wildman–Crippen LogP) is 2.16. The lowest BCUT2D eigenvalue weighted by atomic mass is 10.3. The number of aliphatic carboxylic acids is 1. The lowest BCUT2D eigenvalue weighted by molar-refractivity contribution is -0.136. The van der Waals surface area contributed by atoms with Gasteiger partial charge in [0.05, 0.1) is 22.0 Å². The molecule has 0 aromatic carbocycles. The van der Waals surface area contributed by atoms with E-state index in [1.807, 2.05) is 18.3 Å². The Labute approximate surface area is 90.6 Å². The molecule has 78 valence electrons. The average Bonchev–Trinajstić information content (AvgIpc) is 2.85. The van der Waals surface area contributed by atoms with Gasteiger partial charge in [0.1, 0.15) is 0 Å². The highest BCUT2D eigenvalue weighted by Gasteiger charge is 2.06. The summed E-state index contributed by atoms with van der Waals surface area (Å²) in [7, 11) is 0. The van der Waals surface area contributed by atoms with Crippen molar-refractivity contribution < 1.29 is 9.90 Å². The maximum absolute atomic E-state index is 10.4. The Hall–Kier alpha value is -1.62. The van der Waals surface area contributed by atoms with Gasteiger partial charge in [-0.3, -0.25) is 4.79 Å². The highest BCUT2D eigenvalue weighted by atomic mass is 32.1. The molecule has 0 atom stereocenters. The fourth-order valence-electron chi connectivity index (χ4n) is 1.25. The van der Waals surface area contributed by atoms with Crippen LogP contribution < -0.4 is 0 Å². The van der Waals surface area contributed by atoms with Gasteiger partial charge in [-0.2, -0.15) is 0 Å². The van der Waals surface area contributed by atoms with E-state index in [1.54, 1.807) is 6.20 Å². The number of hydrogen-bond acceptors (Lipinski definition) is 3. The summed E-state index contributed by atoms with van der Waals surface area (Å²) in [6.45, 7) is 0. The molecule has 2 aromatic rings. The van der Waals surface area contributed by atoms with Crippen molar-refractivity contribution >= 4 is 17.3 Å². The number of thiazole rings is 1. The van der Waals surface area contributed by atoms with Gasteiger partial charge in [0.15, 0.2) is 0 Å². The molecule has 0 unspecified atom stereocenters. The van der Waals surface area contributed by atoms with E-state index in [9.17, 15) is 4.79 Å². The molecule has 0 amide bonds. The van der Waals surface area contributed by atoms with Crippen LogP contribution in [0.2, 0.25) is 0 Å². The normalized spacial score (nSPS) is 10.4. The predicted molar refractivity (Wildman–Crippen MR) is 57.9 cm³/mol. The third-order valence-corrected chi connectivity index (χ3v) is 3.06. The van der Waals surface area contributed by atoms with Crippen LogP contribution in [0, 0.1) is 0 Å². The maximum Gasteiger partial charge on any atom is 0.303 e. The molecule has 2 N–H and O–H groups in total. The van der Waals surface area contributed by atoms with Crippen molar-refractivity contribution in [2.24, 2.45) is 0 Å². The minimum absolute atomic E-state index is 0.137. The van der Waals surface area contributed by atoms with E-state index < -0.39 is 5.97 Å². The minimum atomic E-state index is -0.786. The first-order valence-corrected chi connectivity index (χ1v) is 5.37. The second-order valence-electron chi connectivity index (χ2n) is 3.10.